The fourth-order valence-electron chi connectivity index (χ4n) is 2.86. The maximum atomic E-state index is 12.5. The van der Waals surface area contributed by atoms with Crippen LogP contribution in [0, 0.1) is 11.8 Å². The largest absolute Gasteiger partial charge is 0.289 e. The number of amides is 1. The molecule has 5 nitrogen and oxygen atoms in total. The number of hydroxylamine groups is 1. The highest BCUT2D eigenvalue weighted by Crippen LogP contribution is 2.32. The number of sulfone groups is 1. The number of carbonyl (C=O) groups is 1. The first kappa shape index (κ1) is 16.5. The van der Waals surface area contributed by atoms with Crippen molar-refractivity contribution in [2.75, 3.05) is 5.75 Å². The molecule has 7 heteroatoms. The van der Waals surface area contributed by atoms with E-state index in [4.69, 9.17) is 5.21 Å². The molecule has 2 rings (SSSR count). The van der Waals surface area contributed by atoms with Gasteiger partial charge in [0.05, 0.1) is 10.6 Å². The summed E-state index contributed by atoms with van der Waals surface area (Å²) in [6, 6.07) is 6.49. The fraction of sp³-hybridized carbons (Fsp3) is 0.500. The monoisotopic (exact) mass is 375 g/mol. The molecular formula is C14H18BrNO4S. The lowest BCUT2D eigenvalue weighted by atomic mass is 9.80. The van der Waals surface area contributed by atoms with Gasteiger partial charge in [-0.1, -0.05) is 28.8 Å². The summed E-state index contributed by atoms with van der Waals surface area (Å²) >= 11 is 3.27. The van der Waals surface area contributed by atoms with Crippen molar-refractivity contribution in [2.24, 2.45) is 11.8 Å². The third-order valence-electron chi connectivity index (χ3n) is 3.96. The second-order valence-electron chi connectivity index (χ2n) is 5.36. The molecule has 0 radical (unpaired) electrons. The molecule has 1 aliphatic rings. The zero-order valence-electron chi connectivity index (χ0n) is 11.5. The van der Waals surface area contributed by atoms with Crippen LogP contribution in [-0.2, 0) is 14.6 Å². The van der Waals surface area contributed by atoms with Crippen LogP contribution in [0.15, 0.2) is 33.6 Å². The number of hydrogen-bond acceptors (Lipinski definition) is 4. The summed E-state index contributed by atoms with van der Waals surface area (Å²) in [6.45, 7) is 0. The van der Waals surface area contributed by atoms with Crippen LogP contribution in [0.1, 0.15) is 25.7 Å². The minimum Gasteiger partial charge on any atom is -0.289 e. The maximum Gasteiger partial charge on any atom is 0.246 e. The van der Waals surface area contributed by atoms with Crippen LogP contribution in [0.25, 0.3) is 0 Å². The molecule has 2 atom stereocenters. The van der Waals surface area contributed by atoms with Gasteiger partial charge in [-0.3, -0.25) is 10.0 Å². The molecule has 0 saturated heterocycles. The molecule has 2 unspecified atom stereocenters. The molecule has 1 aromatic rings. The van der Waals surface area contributed by atoms with Crippen molar-refractivity contribution in [1.29, 1.82) is 0 Å². The van der Waals surface area contributed by atoms with Crippen molar-refractivity contribution in [3.05, 3.63) is 28.7 Å². The SMILES string of the molecule is O=C(NO)C1CCCCC1CS(=O)(=O)c1ccc(Br)cc1. The van der Waals surface area contributed by atoms with Gasteiger partial charge in [0.2, 0.25) is 5.91 Å². The topological polar surface area (TPSA) is 83.5 Å². The lowest BCUT2D eigenvalue weighted by Gasteiger charge is -2.29. The van der Waals surface area contributed by atoms with E-state index in [1.807, 2.05) is 0 Å². The van der Waals surface area contributed by atoms with E-state index in [2.05, 4.69) is 15.9 Å². The average Bonchev–Trinajstić information content (AvgIpc) is 2.47. The summed E-state index contributed by atoms with van der Waals surface area (Å²) in [4.78, 5) is 11.9. The van der Waals surface area contributed by atoms with Crippen molar-refractivity contribution < 1.29 is 18.4 Å². The third kappa shape index (κ3) is 4.05. The highest BCUT2D eigenvalue weighted by atomic mass is 79.9. The summed E-state index contributed by atoms with van der Waals surface area (Å²) in [5, 5.41) is 8.80. The molecule has 1 saturated carbocycles. The Balaban J connectivity index is 2.17. The Morgan fingerprint density at radius 1 is 1.24 bits per heavy atom. The van der Waals surface area contributed by atoms with Crippen molar-refractivity contribution >= 4 is 31.7 Å². The fourth-order valence-corrected chi connectivity index (χ4v) is 4.83. The second-order valence-corrected chi connectivity index (χ2v) is 8.31. The van der Waals surface area contributed by atoms with Crippen LogP contribution in [0.3, 0.4) is 0 Å². The molecule has 116 valence electrons. The molecule has 0 bridgehead atoms. The Labute approximate surface area is 132 Å². The molecule has 1 amide bonds. The zero-order valence-corrected chi connectivity index (χ0v) is 13.9. The normalized spacial score (nSPS) is 22.8. The predicted molar refractivity (Wildman–Crippen MR) is 81.6 cm³/mol. The molecule has 0 aliphatic heterocycles. The number of benzene rings is 1. The van der Waals surface area contributed by atoms with Crippen LogP contribution in [0.5, 0.6) is 0 Å². The molecule has 21 heavy (non-hydrogen) atoms. The van der Waals surface area contributed by atoms with E-state index in [1.165, 1.54) is 0 Å². The third-order valence-corrected chi connectivity index (χ3v) is 6.35. The van der Waals surface area contributed by atoms with Crippen LogP contribution < -0.4 is 5.48 Å². The van der Waals surface area contributed by atoms with E-state index in [1.54, 1.807) is 29.7 Å². The quantitative estimate of drug-likeness (QED) is 0.625. The van der Waals surface area contributed by atoms with Gasteiger partial charge in [-0.15, -0.1) is 0 Å². The van der Waals surface area contributed by atoms with Gasteiger partial charge in [-0.05, 0) is 43.0 Å². The van der Waals surface area contributed by atoms with Crippen LogP contribution in [0.4, 0.5) is 0 Å². The van der Waals surface area contributed by atoms with Crippen molar-refractivity contribution in [3.63, 3.8) is 0 Å². The summed E-state index contributed by atoms with van der Waals surface area (Å²) in [5.74, 6) is -1.23. The molecule has 1 aromatic carbocycles. The van der Waals surface area contributed by atoms with Gasteiger partial charge in [0.15, 0.2) is 9.84 Å². The van der Waals surface area contributed by atoms with E-state index < -0.39 is 21.7 Å². The summed E-state index contributed by atoms with van der Waals surface area (Å²) in [7, 11) is -3.43. The highest BCUT2D eigenvalue weighted by Gasteiger charge is 2.34. The van der Waals surface area contributed by atoms with E-state index in [9.17, 15) is 13.2 Å². The Morgan fingerprint density at radius 2 is 1.86 bits per heavy atom. The minimum atomic E-state index is -3.43. The van der Waals surface area contributed by atoms with Gasteiger partial charge in [0, 0.05) is 10.4 Å². The van der Waals surface area contributed by atoms with E-state index >= 15 is 0 Å². The van der Waals surface area contributed by atoms with Gasteiger partial charge < -0.3 is 0 Å². The first-order valence-electron chi connectivity index (χ1n) is 6.86. The lowest BCUT2D eigenvalue weighted by molar-refractivity contribution is -0.135. The van der Waals surface area contributed by atoms with Crippen LogP contribution >= 0.6 is 15.9 Å². The number of rotatable bonds is 4. The number of carbonyl (C=O) groups excluding carboxylic acids is 1. The van der Waals surface area contributed by atoms with Crippen LogP contribution in [-0.4, -0.2) is 25.3 Å². The van der Waals surface area contributed by atoms with E-state index in [0.29, 0.717) is 12.8 Å². The maximum absolute atomic E-state index is 12.5. The Kier molecular flexibility index (Phi) is 5.40. The molecule has 1 fully saturated rings. The molecule has 0 heterocycles. The Morgan fingerprint density at radius 3 is 2.48 bits per heavy atom. The molecule has 1 aliphatic carbocycles. The van der Waals surface area contributed by atoms with Crippen molar-refractivity contribution in [2.45, 2.75) is 30.6 Å². The first-order chi connectivity index (χ1) is 9.94. The second kappa shape index (κ2) is 6.89. The Hall–Kier alpha value is -0.920. The average molecular weight is 376 g/mol. The minimum absolute atomic E-state index is 0.0628. The zero-order chi connectivity index (χ0) is 15.5. The van der Waals surface area contributed by atoms with Crippen LogP contribution in [0.2, 0.25) is 0 Å². The lowest BCUT2D eigenvalue weighted by Crippen LogP contribution is -2.38. The van der Waals surface area contributed by atoms with Gasteiger partial charge in [0.25, 0.3) is 0 Å². The summed E-state index contributed by atoms with van der Waals surface area (Å²) in [6.07, 6.45) is 3.10. The molecular weight excluding hydrogens is 358 g/mol. The molecule has 0 spiro atoms. The summed E-state index contributed by atoms with van der Waals surface area (Å²) < 4.78 is 25.7. The van der Waals surface area contributed by atoms with Crippen molar-refractivity contribution in [1.82, 2.24) is 5.48 Å². The Bertz CT molecular complexity index is 600. The van der Waals surface area contributed by atoms with E-state index in [0.717, 1.165) is 17.3 Å². The summed E-state index contributed by atoms with van der Waals surface area (Å²) in [5.41, 5.74) is 1.66. The van der Waals surface area contributed by atoms with Gasteiger partial charge in [0.1, 0.15) is 0 Å². The number of nitrogens with one attached hydrogen (secondary N) is 1. The van der Waals surface area contributed by atoms with Gasteiger partial charge in [-0.2, -0.15) is 0 Å². The molecule has 0 aromatic heterocycles. The standard InChI is InChI=1S/C14H18BrNO4S/c15-11-5-7-12(8-6-11)21(19,20)9-10-3-1-2-4-13(10)14(17)16-18/h5-8,10,13,18H,1-4,9H2,(H,16,17). The molecule has 2 N–H and O–H groups in total. The first-order valence-corrected chi connectivity index (χ1v) is 9.31. The van der Waals surface area contributed by atoms with Gasteiger partial charge in [-0.25, -0.2) is 13.9 Å². The smallest absolute Gasteiger partial charge is 0.246 e. The highest BCUT2D eigenvalue weighted by molar-refractivity contribution is 9.10. The predicted octanol–water partition coefficient (Wildman–Crippen LogP) is 2.53. The number of hydrogen-bond donors (Lipinski definition) is 2. The van der Waals surface area contributed by atoms with E-state index in [-0.39, 0.29) is 16.6 Å². The van der Waals surface area contributed by atoms with Crippen molar-refractivity contribution in [3.8, 4) is 0 Å². The number of halogens is 1. The van der Waals surface area contributed by atoms with Gasteiger partial charge >= 0.3 is 0 Å².